The van der Waals surface area contributed by atoms with Crippen LogP contribution in [0.2, 0.25) is 0 Å². The summed E-state index contributed by atoms with van der Waals surface area (Å²) in [6.07, 6.45) is 5.10. The maximum Gasteiger partial charge on any atom is 0.242 e. The molecule has 0 saturated heterocycles. The first-order valence-electron chi connectivity index (χ1n) is 11.9. The summed E-state index contributed by atoms with van der Waals surface area (Å²) in [7, 11) is -3.61. The summed E-state index contributed by atoms with van der Waals surface area (Å²) in [4.78, 5) is 4.19. The number of rotatable bonds is 8. The minimum Gasteiger partial charge on any atom is -0.437 e. The van der Waals surface area contributed by atoms with Crippen LogP contribution >= 0.6 is 0 Å². The highest BCUT2D eigenvalue weighted by Gasteiger charge is 2.28. The highest BCUT2D eigenvalue weighted by atomic mass is 32.2. The molecule has 5 rings (SSSR count). The van der Waals surface area contributed by atoms with Gasteiger partial charge < -0.3 is 20.8 Å². The van der Waals surface area contributed by atoms with Gasteiger partial charge in [0, 0.05) is 29.3 Å². The molecule has 1 aliphatic rings. The van der Waals surface area contributed by atoms with Crippen LogP contribution in [0.25, 0.3) is 22.2 Å². The van der Waals surface area contributed by atoms with E-state index in [2.05, 4.69) is 14.3 Å². The van der Waals surface area contributed by atoms with Gasteiger partial charge in [-0.2, -0.15) is 0 Å². The molecule has 4 aromatic rings. The molecule has 0 aliphatic heterocycles. The number of fused-ring (bicyclic) bond motifs is 1. The molecular weight excluding hydrogens is 481 g/mol. The Kier molecular flexibility index (Phi) is 6.21. The molecule has 188 valence electrons. The predicted molar refractivity (Wildman–Crippen MR) is 141 cm³/mol. The van der Waals surface area contributed by atoms with Gasteiger partial charge in [-0.15, -0.1) is 0 Å². The van der Waals surface area contributed by atoms with E-state index in [4.69, 9.17) is 16.2 Å². The molecule has 1 fully saturated rings. The average Bonchev–Trinajstić information content (AvgIpc) is 3.07. The first-order valence-corrected chi connectivity index (χ1v) is 13.5. The van der Waals surface area contributed by atoms with Crippen LogP contribution in [0.1, 0.15) is 38.6 Å². The van der Waals surface area contributed by atoms with Crippen LogP contribution in [-0.2, 0) is 10.0 Å². The zero-order chi connectivity index (χ0) is 25.4. The largest absolute Gasteiger partial charge is 0.437 e. The van der Waals surface area contributed by atoms with Gasteiger partial charge in [-0.3, -0.25) is 4.72 Å². The molecule has 5 N–H and O–H groups in total. The monoisotopic (exact) mass is 509 g/mol. The fourth-order valence-electron chi connectivity index (χ4n) is 4.53. The molecule has 10 heteroatoms. The highest BCUT2D eigenvalue weighted by molar-refractivity contribution is 7.92. The van der Waals surface area contributed by atoms with Crippen LogP contribution in [0.3, 0.4) is 0 Å². The van der Waals surface area contributed by atoms with Crippen molar-refractivity contribution in [2.75, 3.05) is 21.9 Å². The number of sulfonamides is 1. The van der Waals surface area contributed by atoms with Crippen molar-refractivity contribution >= 4 is 38.0 Å². The second kappa shape index (κ2) is 9.34. The summed E-state index contributed by atoms with van der Waals surface area (Å²) in [6, 6.07) is 13.7. The molecule has 0 amide bonds. The fourth-order valence-corrected chi connectivity index (χ4v) is 5.67. The first kappa shape index (κ1) is 23.9. The van der Waals surface area contributed by atoms with Crippen molar-refractivity contribution < 1.29 is 17.5 Å². The van der Waals surface area contributed by atoms with Crippen LogP contribution in [0.4, 0.5) is 21.5 Å². The lowest BCUT2D eigenvalue weighted by molar-refractivity contribution is 0.324. The third-order valence-electron chi connectivity index (χ3n) is 6.45. The number of pyridine rings is 1. The number of nitrogens with one attached hydrogen (secondary N) is 1. The maximum absolute atomic E-state index is 15.1. The van der Waals surface area contributed by atoms with Crippen molar-refractivity contribution in [2.24, 2.45) is 0 Å². The Morgan fingerprint density at radius 3 is 2.64 bits per heavy atom. The summed E-state index contributed by atoms with van der Waals surface area (Å²) >= 11 is 0. The molecule has 0 bridgehead atoms. The van der Waals surface area contributed by atoms with Gasteiger partial charge in [-0.1, -0.05) is 13.0 Å². The predicted octanol–water partition coefficient (Wildman–Crippen LogP) is 5.68. The molecule has 1 saturated carbocycles. The third-order valence-corrected chi connectivity index (χ3v) is 7.93. The number of benzene rings is 2. The lowest BCUT2D eigenvalue weighted by Crippen LogP contribution is -2.18. The van der Waals surface area contributed by atoms with Gasteiger partial charge in [0.1, 0.15) is 11.6 Å². The zero-order valence-electron chi connectivity index (χ0n) is 19.9. The number of halogens is 1. The number of hydrogen-bond donors (Lipinski definition) is 3. The summed E-state index contributed by atoms with van der Waals surface area (Å²) in [6.45, 7) is 1.75. The van der Waals surface area contributed by atoms with Crippen molar-refractivity contribution in [1.82, 2.24) is 9.55 Å². The fraction of sp³-hybridized carbons (Fsp3) is 0.269. The van der Waals surface area contributed by atoms with E-state index in [1.165, 1.54) is 12.1 Å². The molecule has 36 heavy (non-hydrogen) atoms. The van der Waals surface area contributed by atoms with Crippen LogP contribution in [-0.4, -0.2) is 23.7 Å². The molecule has 2 aromatic carbocycles. The number of nitrogens with zero attached hydrogens (tertiary/aromatic N) is 2. The summed E-state index contributed by atoms with van der Waals surface area (Å²) < 4.78 is 49.7. The number of hydrogen-bond acceptors (Lipinski definition) is 6. The van der Waals surface area contributed by atoms with Crippen molar-refractivity contribution in [3.05, 3.63) is 60.5 Å². The lowest BCUT2D eigenvalue weighted by Gasteiger charge is -2.30. The van der Waals surface area contributed by atoms with Crippen LogP contribution in [0.5, 0.6) is 11.6 Å². The van der Waals surface area contributed by atoms with E-state index in [-0.39, 0.29) is 17.5 Å². The topological polar surface area (TPSA) is 125 Å². The smallest absolute Gasteiger partial charge is 0.242 e. The lowest BCUT2D eigenvalue weighted by atomic mass is 9.92. The average molecular weight is 510 g/mol. The van der Waals surface area contributed by atoms with Gasteiger partial charge in [0.05, 0.1) is 34.0 Å². The molecule has 1 aliphatic carbocycles. The Hall–Kier alpha value is -3.79. The molecule has 0 radical (unpaired) electrons. The Morgan fingerprint density at radius 1 is 1.17 bits per heavy atom. The van der Waals surface area contributed by atoms with E-state index < -0.39 is 15.8 Å². The van der Waals surface area contributed by atoms with Gasteiger partial charge in [0.2, 0.25) is 15.9 Å². The van der Waals surface area contributed by atoms with Gasteiger partial charge >= 0.3 is 0 Å². The second-order valence-corrected chi connectivity index (χ2v) is 10.9. The van der Waals surface area contributed by atoms with Crippen molar-refractivity contribution in [3.63, 3.8) is 0 Å². The number of aromatic nitrogens is 2. The highest BCUT2D eigenvalue weighted by Crippen LogP contribution is 2.45. The van der Waals surface area contributed by atoms with E-state index >= 15 is 4.39 Å². The Labute approximate surface area is 209 Å². The van der Waals surface area contributed by atoms with E-state index in [1.807, 2.05) is 12.1 Å². The molecular formula is C26H28FN5O3S. The number of nitrogens with two attached hydrogens (primary N) is 2. The van der Waals surface area contributed by atoms with E-state index in [0.717, 1.165) is 30.2 Å². The second-order valence-electron chi connectivity index (χ2n) is 9.01. The van der Waals surface area contributed by atoms with E-state index in [9.17, 15) is 8.42 Å². The Balaban J connectivity index is 1.58. The first-order chi connectivity index (χ1) is 17.3. The van der Waals surface area contributed by atoms with E-state index in [1.54, 1.807) is 37.4 Å². The zero-order valence-corrected chi connectivity index (χ0v) is 20.7. The Bertz CT molecular complexity index is 1550. The van der Waals surface area contributed by atoms with Gasteiger partial charge in [0.25, 0.3) is 0 Å². The number of nitrogen functional groups attached to an aromatic ring is 2. The van der Waals surface area contributed by atoms with Crippen molar-refractivity contribution in [2.45, 2.75) is 38.6 Å². The minimum atomic E-state index is -3.61. The van der Waals surface area contributed by atoms with Crippen LogP contribution < -0.4 is 20.9 Å². The van der Waals surface area contributed by atoms with Gasteiger partial charge in [0.15, 0.2) is 0 Å². The molecule has 0 atom stereocenters. The Morgan fingerprint density at radius 2 is 1.97 bits per heavy atom. The summed E-state index contributed by atoms with van der Waals surface area (Å²) in [5, 5.41) is 0.825. The maximum atomic E-state index is 15.1. The third kappa shape index (κ3) is 4.44. The van der Waals surface area contributed by atoms with Gasteiger partial charge in [-0.05, 0) is 62.1 Å². The van der Waals surface area contributed by atoms with Crippen molar-refractivity contribution in [1.29, 1.82) is 0 Å². The summed E-state index contributed by atoms with van der Waals surface area (Å²) in [5.74, 6) is 0.136. The quantitative estimate of drug-likeness (QED) is 0.281. The van der Waals surface area contributed by atoms with Crippen molar-refractivity contribution in [3.8, 4) is 22.9 Å². The number of ether oxygens (including phenoxy) is 1. The standard InChI is InChI=1S/C26H28FN5O3S/c1-2-13-36(33,34)31-22-11-8-16(14-20(22)27)25-24(29)19-10-9-18(35-26-21(28)7-4-12-30-26)15-23(19)32(25)17-5-3-6-17/h4,7-12,14-15,17,31H,2-3,5-6,13,28-29H2,1H3. The summed E-state index contributed by atoms with van der Waals surface area (Å²) in [5.41, 5.74) is 15.6. The minimum absolute atomic E-state index is 0.0778. The molecule has 0 unspecified atom stereocenters. The SMILES string of the molecule is CCCS(=O)(=O)Nc1ccc(-c2c(N)c3ccc(Oc4ncccc4N)cc3n2C2CCC2)cc1F. The van der Waals surface area contributed by atoms with Gasteiger partial charge in [-0.25, -0.2) is 17.8 Å². The number of anilines is 3. The molecule has 2 aromatic heterocycles. The normalized spacial score (nSPS) is 14.1. The van der Waals surface area contributed by atoms with E-state index in [0.29, 0.717) is 40.7 Å². The van der Waals surface area contributed by atoms with Crippen LogP contribution in [0, 0.1) is 5.82 Å². The molecule has 0 spiro atoms. The van der Waals surface area contributed by atoms with Crippen LogP contribution in [0.15, 0.2) is 54.7 Å². The molecule has 2 heterocycles. The molecule has 8 nitrogen and oxygen atoms in total.